The minimum Gasteiger partial charge on any atom is -0.507 e. The van der Waals surface area contributed by atoms with Crippen LogP contribution in [0.2, 0.25) is 0 Å². The highest BCUT2D eigenvalue weighted by molar-refractivity contribution is 5.85. The Morgan fingerprint density at radius 2 is 1.95 bits per heavy atom. The zero-order valence-corrected chi connectivity index (χ0v) is 12.7. The zero-order chi connectivity index (χ0) is 16.5. The summed E-state index contributed by atoms with van der Waals surface area (Å²) in [6.07, 6.45) is -0.514. The second kappa shape index (κ2) is 5.99. The quantitative estimate of drug-likeness (QED) is 0.776. The van der Waals surface area contributed by atoms with Crippen molar-refractivity contribution in [2.75, 3.05) is 0 Å². The summed E-state index contributed by atoms with van der Waals surface area (Å²) in [5.41, 5.74) is 0.326. The van der Waals surface area contributed by atoms with Crippen LogP contribution in [0.15, 0.2) is 46.6 Å². The van der Waals surface area contributed by atoms with Gasteiger partial charge in [0.1, 0.15) is 23.1 Å². The van der Waals surface area contributed by atoms with E-state index in [-0.39, 0.29) is 11.2 Å². The monoisotopic (exact) mass is 309 g/mol. The van der Waals surface area contributed by atoms with Crippen LogP contribution in [0.5, 0.6) is 5.75 Å². The number of hydrogen-bond acceptors (Lipinski definition) is 2. The summed E-state index contributed by atoms with van der Waals surface area (Å²) < 4.78 is 40.2. The average molecular weight is 309 g/mol. The maximum atomic E-state index is 13.7. The molecule has 2 rings (SSSR count). The fraction of sp³-hybridized carbons (Fsp3) is 0.353. The van der Waals surface area contributed by atoms with Gasteiger partial charge >= 0.3 is 0 Å². The molecule has 1 aliphatic carbocycles. The van der Waals surface area contributed by atoms with Gasteiger partial charge in [-0.15, -0.1) is 0 Å². The molecule has 118 valence electrons. The van der Waals surface area contributed by atoms with Crippen LogP contribution in [-0.2, 0) is 5.41 Å². The molecule has 0 radical (unpaired) electrons. The molecule has 2 nitrogen and oxygen atoms in total. The fourth-order valence-electron chi connectivity index (χ4n) is 2.24. The largest absolute Gasteiger partial charge is 0.507 e. The van der Waals surface area contributed by atoms with Crippen molar-refractivity contribution < 1.29 is 18.3 Å². The molecule has 0 saturated carbocycles. The Kier molecular flexibility index (Phi) is 4.44. The Balaban J connectivity index is 2.38. The lowest BCUT2D eigenvalue weighted by atomic mass is 9.85. The molecule has 1 unspecified atom stereocenters. The second-order valence-corrected chi connectivity index (χ2v) is 6.25. The van der Waals surface area contributed by atoms with Crippen LogP contribution < -0.4 is 0 Å². The number of hydrogen-bond donors (Lipinski definition) is 1. The lowest BCUT2D eigenvalue weighted by molar-refractivity contribution is 0.339. The molecule has 0 amide bonds. The van der Waals surface area contributed by atoms with Crippen molar-refractivity contribution in [3.8, 4) is 5.75 Å². The third-order valence-electron chi connectivity index (χ3n) is 3.42. The Bertz CT molecular complexity index is 669. The number of halogens is 3. The van der Waals surface area contributed by atoms with Gasteiger partial charge in [0.15, 0.2) is 6.17 Å². The third kappa shape index (κ3) is 3.40. The topological polar surface area (TPSA) is 32.6 Å². The smallest absolute Gasteiger partial charge is 0.151 e. The van der Waals surface area contributed by atoms with E-state index in [1.54, 1.807) is 18.2 Å². The van der Waals surface area contributed by atoms with E-state index in [1.807, 2.05) is 20.8 Å². The van der Waals surface area contributed by atoms with Gasteiger partial charge in [0.25, 0.3) is 0 Å². The maximum absolute atomic E-state index is 13.7. The van der Waals surface area contributed by atoms with Gasteiger partial charge in [0.05, 0.1) is 0 Å². The van der Waals surface area contributed by atoms with Crippen LogP contribution in [0, 0.1) is 0 Å². The van der Waals surface area contributed by atoms with E-state index in [9.17, 15) is 18.3 Å². The number of phenolic OH excluding ortho intramolecular Hbond substituents is 1. The number of nitrogens with zero attached hydrogens (tertiary/aromatic N) is 1. The predicted molar refractivity (Wildman–Crippen MR) is 81.2 cm³/mol. The lowest BCUT2D eigenvalue weighted by Crippen LogP contribution is -2.12. The van der Waals surface area contributed by atoms with Gasteiger partial charge in [-0.25, -0.2) is 13.2 Å². The minimum atomic E-state index is -1.82. The molecule has 1 aliphatic rings. The zero-order valence-electron chi connectivity index (χ0n) is 12.7. The van der Waals surface area contributed by atoms with Crippen molar-refractivity contribution in [3.63, 3.8) is 0 Å². The Morgan fingerprint density at radius 3 is 2.55 bits per heavy atom. The summed E-state index contributed by atoms with van der Waals surface area (Å²) in [6.45, 7) is 5.83. The summed E-state index contributed by atoms with van der Waals surface area (Å²) in [7, 11) is 0. The lowest BCUT2D eigenvalue weighted by Gasteiger charge is -2.21. The number of benzene rings is 1. The van der Waals surface area contributed by atoms with Crippen molar-refractivity contribution in [1.82, 2.24) is 0 Å². The standard InChI is InChI=1S/C17H18F3NO/c1-17(2,3)12-6-4-5-10(16(12)22)9-21-15-13(19)7-11(18)8-14(15)20/h4-7,9,14,22H,8H2,1-3H3. The van der Waals surface area contributed by atoms with Crippen LogP contribution in [-0.4, -0.2) is 17.5 Å². The summed E-state index contributed by atoms with van der Waals surface area (Å²) in [5, 5.41) is 10.3. The number of alkyl halides is 1. The maximum Gasteiger partial charge on any atom is 0.151 e. The molecule has 22 heavy (non-hydrogen) atoms. The molecular formula is C17H18F3NO. The van der Waals surface area contributed by atoms with Crippen LogP contribution in [0.4, 0.5) is 13.2 Å². The van der Waals surface area contributed by atoms with E-state index < -0.39 is 29.9 Å². The molecule has 1 N–H and O–H groups in total. The van der Waals surface area contributed by atoms with Crippen molar-refractivity contribution in [3.05, 3.63) is 52.8 Å². The van der Waals surface area contributed by atoms with E-state index >= 15 is 0 Å². The first-order chi connectivity index (χ1) is 10.2. The van der Waals surface area contributed by atoms with Crippen molar-refractivity contribution in [2.45, 2.75) is 38.8 Å². The van der Waals surface area contributed by atoms with Gasteiger partial charge in [-0.2, -0.15) is 0 Å². The molecule has 0 spiro atoms. The first-order valence-corrected chi connectivity index (χ1v) is 6.96. The molecule has 0 aromatic heterocycles. The Labute approximate surface area is 127 Å². The molecular weight excluding hydrogens is 291 g/mol. The number of phenols is 1. The molecule has 1 atom stereocenters. The summed E-state index contributed by atoms with van der Waals surface area (Å²) in [6, 6.07) is 5.11. The van der Waals surface area contributed by atoms with Gasteiger partial charge in [0.2, 0.25) is 0 Å². The first kappa shape index (κ1) is 16.3. The first-order valence-electron chi connectivity index (χ1n) is 6.96. The van der Waals surface area contributed by atoms with Gasteiger partial charge in [-0.05, 0) is 17.0 Å². The van der Waals surface area contributed by atoms with Crippen molar-refractivity contribution >= 4 is 6.21 Å². The molecule has 0 heterocycles. The second-order valence-electron chi connectivity index (χ2n) is 6.25. The summed E-state index contributed by atoms with van der Waals surface area (Å²) >= 11 is 0. The fourth-order valence-corrected chi connectivity index (χ4v) is 2.24. The Morgan fingerprint density at radius 1 is 1.27 bits per heavy atom. The molecule has 1 aromatic rings. The summed E-state index contributed by atoms with van der Waals surface area (Å²) in [5.74, 6) is -1.85. The normalized spacial score (nSPS) is 19.7. The van der Waals surface area contributed by atoms with Gasteiger partial charge in [-0.1, -0.05) is 32.9 Å². The number of rotatable bonds is 2. The van der Waals surface area contributed by atoms with Gasteiger partial charge < -0.3 is 5.11 Å². The highest BCUT2D eigenvalue weighted by atomic mass is 19.2. The number of aliphatic imine (C=N–C) groups is 1. The Hall–Kier alpha value is -2.04. The van der Waals surface area contributed by atoms with E-state index in [1.165, 1.54) is 6.21 Å². The molecule has 5 heteroatoms. The van der Waals surface area contributed by atoms with Crippen LogP contribution >= 0.6 is 0 Å². The van der Waals surface area contributed by atoms with Gasteiger partial charge in [0, 0.05) is 24.3 Å². The number of aromatic hydroxyl groups is 1. The molecule has 0 aliphatic heterocycles. The number of allylic oxidation sites excluding steroid dienone is 4. The third-order valence-corrected chi connectivity index (χ3v) is 3.42. The van der Waals surface area contributed by atoms with Crippen LogP contribution in [0.25, 0.3) is 0 Å². The molecule has 0 fully saturated rings. The van der Waals surface area contributed by atoms with Crippen LogP contribution in [0.3, 0.4) is 0 Å². The van der Waals surface area contributed by atoms with E-state index in [0.717, 1.165) is 0 Å². The molecule has 1 aromatic carbocycles. The van der Waals surface area contributed by atoms with E-state index in [0.29, 0.717) is 17.2 Å². The summed E-state index contributed by atoms with van der Waals surface area (Å²) in [4.78, 5) is 3.77. The highest BCUT2D eigenvalue weighted by Crippen LogP contribution is 2.33. The molecule has 0 bridgehead atoms. The average Bonchev–Trinajstić information content (AvgIpc) is 2.37. The van der Waals surface area contributed by atoms with E-state index in [2.05, 4.69) is 4.99 Å². The minimum absolute atomic E-state index is 0.0210. The van der Waals surface area contributed by atoms with Crippen LogP contribution in [0.1, 0.15) is 38.3 Å². The predicted octanol–water partition coefficient (Wildman–Crippen LogP) is 4.88. The SMILES string of the molecule is CC(C)(C)c1cccc(C=NC2=C(F)C=C(F)CC2F)c1O. The van der Waals surface area contributed by atoms with Gasteiger partial charge in [-0.3, -0.25) is 4.99 Å². The molecule has 0 saturated heterocycles. The van der Waals surface area contributed by atoms with E-state index in [4.69, 9.17) is 0 Å². The van der Waals surface area contributed by atoms with Crippen molar-refractivity contribution in [1.29, 1.82) is 0 Å². The highest BCUT2D eigenvalue weighted by Gasteiger charge is 2.24. The van der Waals surface area contributed by atoms with Crippen molar-refractivity contribution in [2.24, 2.45) is 4.99 Å². The number of para-hydroxylation sites is 1.